The van der Waals surface area contributed by atoms with Crippen LogP contribution in [0.5, 0.6) is 0 Å². The number of hydrogen-bond acceptors (Lipinski definition) is 8. The van der Waals surface area contributed by atoms with Gasteiger partial charge in [0.15, 0.2) is 28.9 Å². The average Bonchev–Trinajstić information content (AvgIpc) is 4.13. The second-order valence-electron chi connectivity index (χ2n) is 17.4. The van der Waals surface area contributed by atoms with Crippen molar-refractivity contribution in [3.8, 4) is 80.0 Å². The Bertz CT molecular complexity index is 4210. The van der Waals surface area contributed by atoms with E-state index in [4.69, 9.17) is 39.3 Å². The van der Waals surface area contributed by atoms with Crippen LogP contribution in [0.4, 0.5) is 0 Å². The molecule has 0 saturated carbocycles. The number of fused-ring (bicyclic) bond motifs is 7. The highest BCUT2D eigenvalue weighted by atomic mass is 16.3. The summed E-state index contributed by atoms with van der Waals surface area (Å²) in [4.78, 5) is 36.0. The fourth-order valence-corrected chi connectivity index (χ4v) is 9.78. The zero-order valence-corrected chi connectivity index (χ0v) is 37.8. The summed E-state index contributed by atoms with van der Waals surface area (Å²) in [7, 11) is 0. The van der Waals surface area contributed by atoms with Gasteiger partial charge in [0.1, 0.15) is 5.52 Å². The van der Waals surface area contributed by atoms with Gasteiger partial charge >= 0.3 is 0 Å². The van der Waals surface area contributed by atoms with Crippen LogP contribution in [-0.4, -0.2) is 44.0 Å². The Morgan fingerprint density at radius 3 is 1.32 bits per heavy atom. The van der Waals surface area contributed by atoms with Crippen LogP contribution in [0.2, 0.25) is 0 Å². The summed E-state index contributed by atoms with van der Waals surface area (Å²) in [5.74, 6) is 3.87. The van der Waals surface area contributed by atoms with Gasteiger partial charge in [-0.1, -0.05) is 182 Å². The molecule has 71 heavy (non-hydrogen) atoms. The SMILES string of the molecule is c1ccc(-c2nc(-c3ccccc3)nc(-n3c4ccc(-c5cccc6c7ccccc7n(-c7nc(-c8ccccc8)nc(-c8ccccc8)n7)c56)cc4c4cc5oc(-c6ccccc6)nc5cc43)n2)cc1. The van der Waals surface area contributed by atoms with E-state index in [1.54, 1.807) is 0 Å². The van der Waals surface area contributed by atoms with Gasteiger partial charge in [-0.05, 0) is 48.0 Å². The lowest BCUT2D eigenvalue weighted by Gasteiger charge is -2.13. The first kappa shape index (κ1) is 40.2. The summed E-state index contributed by atoms with van der Waals surface area (Å²) in [5.41, 5.74) is 11.6. The van der Waals surface area contributed by atoms with Crippen molar-refractivity contribution in [1.82, 2.24) is 44.0 Å². The Kier molecular flexibility index (Phi) is 9.27. The number of rotatable bonds is 8. The zero-order chi connectivity index (χ0) is 46.8. The monoisotopic (exact) mass is 911 g/mol. The molecular formula is C61H37N9O. The third-order valence-corrected chi connectivity index (χ3v) is 13.1. The minimum atomic E-state index is 0.483. The van der Waals surface area contributed by atoms with E-state index in [1.807, 2.05) is 152 Å². The maximum atomic E-state index is 6.55. The van der Waals surface area contributed by atoms with Crippen LogP contribution in [-0.2, 0) is 0 Å². The van der Waals surface area contributed by atoms with Crippen LogP contribution in [0.3, 0.4) is 0 Å². The molecule has 10 nitrogen and oxygen atoms in total. The van der Waals surface area contributed by atoms with Crippen LogP contribution in [0.25, 0.3) is 135 Å². The van der Waals surface area contributed by atoms with E-state index in [0.717, 1.165) is 88.1 Å². The smallest absolute Gasteiger partial charge is 0.238 e. The lowest BCUT2D eigenvalue weighted by atomic mass is 10.00. The van der Waals surface area contributed by atoms with E-state index in [9.17, 15) is 0 Å². The van der Waals surface area contributed by atoms with Gasteiger partial charge in [0, 0.05) is 54.9 Å². The Morgan fingerprint density at radius 2 is 0.761 bits per heavy atom. The lowest BCUT2D eigenvalue weighted by molar-refractivity contribution is 0.620. The first-order valence-corrected chi connectivity index (χ1v) is 23.4. The summed E-state index contributed by atoms with van der Waals surface area (Å²) in [6, 6.07) is 76.0. The Hall–Kier alpha value is -9.93. The molecule has 0 amide bonds. The van der Waals surface area contributed by atoms with Crippen molar-refractivity contribution in [2.75, 3.05) is 0 Å². The van der Waals surface area contributed by atoms with Gasteiger partial charge in [-0.15, -0.1) is 0 Å². The number of hydrogen-bond donors (Lipinski definition) is 0. The second-order valence-corrected chi connectivity index (χ2v) is 17.4. The molecule has 0 atom stereocenters. The molecule has 332 valence electrons. The first-order valence-electron chi connectivity index (χ1n) is 23.4. The molecule has 9 aromatic carbocycles. The van der Waals surface area contributed by atoms with Crippen molar-refractivity contribution in [3.63, 3.8) is 0 Å². The van der Waals surface area contributed by atoms with Crippen LogP contribution in [0.15, 0.2) is 229 Å². The number of oxazole rings is 1. The van der Waals surface area contributed by atoms with Gasteiger partial charge in [-0.2, -0.15) is 19.9 Å². The molecule has 5 aromatic heterocycles. The van der Waals surface area contributed by atoms with Crippen LogP contribution in [0, 0.1) is 0 Å². The van der Waals surface area contributed by atoms with Crippen molar-refractivity contribution in [2.45, 2.75) is 0 Å². The predicted molar refractivity (Wildman–Crippen MR) is 282 cm³/mol. The normalized spacial score (nSPS) is 11.7. The maximum Gasteiger partial charge on any atom is 0.238 e. The average molecular weight is 912 g/mol. The Balaban J connectivity index is 1.04. The molecule has 5 heterocycles. The second kappa shape index (κ2) is 16.4. The molecule has 0 spiro atoms. The summed E-state index contributed by atoms with van der Waals surface area (Å²) < 4.78 is 10.9. The highest BCUT2D eigenvalue weighted by Gasteiger charge is 2.24. The van der Waals surface area contributed by atoms with E-state index < -0.39 is 0 Å². The van der Waals surface area contributed by atoms with Crippen molar-refractivity contribution < 1.29 is 4.42 Å². The molecule has 10 heteroatoms. The van der Waals surface area contributed by atoms with Crippen LogP contribution in [0.1, 0.15) is 0 Å². The van der Waals surface area contributed by atoms with Crippen molar-refractivity contribution in [3.05, 3.63) is 224 Å². The van der Waals surface area contributed by atoms with Gasteiger partial charge in [-0.25, -0.2) is 15.0 Å². The highest BCUT2D eigenvalue weighted by Crippen LogP contribution is 2.42. The lowest BCUT2D eigenvalue weighted by Crippen LogP contribution is -2.07. The molecule has 0 bridgehead atoms. The molecule has 0 fully saturated rings. The van der Waals surface area contributed by atoms with Gasteiger partial charge < -0.3 is 4.42 Å². The molecule has 0 unspecified atom stereocenters. The van der Waals surface area contributed by atoms with Crippen LogP contribution >= 0.6 is 0 Å². The molecule has 0 saturated heterocycles. The van der Waals surface area contributed by atoms with Crippen LogP contribution < -0.4 is 0 Å². The van der Waals surface area contributed by atoms with E-state index in [1.165, 1.54) is 0 Å². The summed E-state index contributed by atoms with van der Waals surface area (Å²) in [5, 5.41) is 4.10. The fourth-order valence-electron chi connectivity index (χ4n) is 9.78. The van der Waals surface area contributed by atoms with E-state index >= 15 is 0 Å². The molecule has 0 aliphatic rings. The third-order valence-electron chi connectivity index (χ3n) is 13.1. The van der Waals surface area contributed by atoms with Crippen molar-refractivity contribution >= 4 is 54.7 Å². The van der Waals surface area contributed by atoms with Crippen molar-refractivity contribution in [1.29, 1.82) is 0 Å². The van der Waals surface area contributed by atoms with Gasteiger partial charge in [0.25, 0.3) is 0 Å². The van der Waals surface area contributed by atoms with E-state index in [-0.39, 0.29) is 0 Å². The summed E-state index contributed by atoms with van der Waals surface area (Å²) >= 11 is 0. The number of aromatic nitrogens is 9. The molecule has 0 aliphatic carbocycles. The van der Waals surface area contributed by atoms with Crippen molar-refractivity contribution in [2.24, 2.45) is 0 Å². The summed E-state index contributed by atoms with van der Waals surface area (Å²) in [6.07, 6.45) is 0. The largest absolute Gasteiger partial charge is 0.436 e. The summed E-state index contributed by atoms with van der Waals surface area (Å²) in [6.45, 7) is 0. The third kappa shape index (κ3) is 6.84. The van der Waals surface area contributed by atoms with Gasteiger partial charge in [0.05, 0.1) is 22.1 Å². The fraction of sp³-hybridized carbons (Fsp3) is 0. The highest BCUT2D eigenvalue weighted by molar-refractivity contribution is 6.16. The maximum absolute atomic E-state index is 6.55. The molecule has 0 aliphatic heterocycles. The quantitative estimate of drug-likeness (QED) is 0.148. The molecule has 14 rings (SSSR count). The van der Waals surface area contributed by atoms with E-state index in [2.05, 4.69) is 81.9 Å². The molecule has 0 radical (unpaired) electrons. The molecule has 14 aromatic rings. The van der Waals surface area contributed by atoms with Gasteiger partial charge in [-0.3, -0.25) is 9.13 Å². The van der Waals surface area contributed by atoms with E-state index in [0.29, 0.717) is 46.7 Å². The first-order chi connectivity index (χ1) is 35.2. The number of benzene rings is 9. The zero-order valence-electron chi connectivity index (χ0n) is 37.8. The molecular weight excluding hydrogens is 875 g/mol. The van der Waals surface area contributed by atoms with Gasteiger partial charge in [0.2, 0.25) is 17.8 Å². The predicted octanol–water partition coefficient (Wildman–Crippen LogP) is 14.4. The Morgan fingerprint density at radius 1 is 0.296 bits per heavy atom. The number of para-hydroxylation sites is 2. The topological polar surface area (TPSA) is 113 Å². The minimum Gasteiger partial charge on any atom is -0.436 e. The minimum absolute atomic E-state index is 0.483. The Labute approximate surface area is 405 Å². The molecule has 0 N–H and O–H groups in total. The standard InChI is InChI=1S/C61H37N9O/c1-6-19-38(20-7-1)55-63-56(39-21-8-2-9-22-39)66-60(65-55)69-51-34-33-43(35-47(51)48-36-53-49(37-52(48)69)62-59(71-53)42-27-14-5-15-28-42)44-30-18-31-46-45-29-16-17-32-50(45)70(54(44)46)61-67-57(40-23-10-3-11-24-40)64-58(68-61)41-25-12-4-13-26-41/h1-37H. The number of nitrogens with zero attached hydrogens (tertiary/aromatic N) is 9.